The van der Waals surface area contributed by atoms with Crippen LogP contribution in [0.3, 0.4) is 0 Å². The number of nitrogens with one attached hydrogen (secondary N) is 1. The van der Waals surface area contributed by atoms with Crippen LogP contribution in [0.1, 0.15) is 24.1 Å². The summed E-state index contributed by atoms with van der Waals surface area (Å²) in [5.74, 6) is -1.99. The van der Waals surface area contributed by atoms with Crippen molar-refractivity contribution < 1.29 is 13.2 Å². The minimum Gasteiger partial charge on any atom is -0.306 e. The Hall–Kier alpha value is -1.81. The van der Waals surface area contributed by atoms with Gasteiger partial charge in [-0.15, -0.1) is 0 Å². The molecule has 0 aliphatic carbocycles. The Bertz CT molecular complexity index is 552. The normalized spacial score (nSPS) is 12.4. The standard InChI is InChI=1S/C15H14F3N/c1-10(12-3-5-13(16)6-4-12)19-9-11-2-7-14(17)15(18)8-11/h2-8,10,19H,9H2,1H3. The molecule has 0 saturated carbocycles. The van der Waals surface area contributed by atoms with Crippen LogP contribution < -0.4 is 5.32 Å². The van der Waals surface area contributed by atoms with Crippen molar-refractivity contribution in [3.63, 3.8) is 0 Å². The lowest BCUT2D eigenvalue weighted by molar-refractivity contribution is 0.504. The van der Waals surface area contributed by atoms with Crippen molar-refractivity contribution in [2.24, 2.45) is 0 Å². The summed E-state index contributed by atoms with van der Waals surface area (Å²) in [6.45, 7) is 2.34. The van der Waals surface area contributed by atoms with E-state index in [9.17, 15) is 13.2 Å². The molecule has 1 N–H and O–H groups in total. The molecule has 0 fully saturated rings. The lowest BCUT2D eigenvalue weighted by Crippen LogP contribution is -2.18. The number of benzene rings is 2. The van der Waals surface area contributed by atoms with Crippen LogP contribution in [0.15, 0.2) is 42.5 Å². The van der Waals surface area contributed by atoms with Gasteiger partial charge < -0.3 is 5.32 Å². The first kappa shape index (κ1) is 13.6. The highest BCUT2D eigenvalue weighted by Crippen LogP contribution is 2.14. The smallest absolute Gasteiger partial charge is 0.159 e. The van der Waals surface area contributed by atoms with Crippen LogP contribution >= 0.6 is 0 Å². The van der Waals surface area contributed by atoms with E-state index in [1.165, 1.54) is 24.3 Å². The molecule has 0 aliphatic rings. The molecule has 0 bridgehead atoms. The van der Waals surface area contributed by atoms with E-state index < -0.39 is 11.6 Å². The Morgan fingerprint density at radius 3 is 2.26 bits per heavy atom. The summed E-state index contributed by atoms with van der Waals surface area (Å²) >= 11 is 0. The summed E-state index contributed by atoms with van der Waals surface area (Å²) in [5, 5.41) is 3.17. The molecular weight excluding hydrogens is 251 g/mol. The molecule has 0 aromatic heterocycles. The fourth-order valence-corrected chi connectivity index (χ4v) is 1.79. The van der Waals surface area contributed by atoms with Gasteiger partial charge in [0.1, 0.15) is 5.82 Å². The van der Waals surface area contributed by atoms with Gasteiger partial charge in [0.2, 0.25) is 0 Å². The lowest BCUT2D eigenvalue weighted by Gasteiger charge is -2.14. The Kier molecular flexibility index (Phi) is 4.22. The van der Waals surface area contributed by atoms with Gasteiger partial charge in [0.15, 0.2) is 11.6 Å². The molecule has 1 nitrogen and oxygen atoms in total. The van der Waals surface area contributed by atoms with E-state index >= 15 is 0 Å². The van der Waals surface area contributed by atoms with Gasteiger partial charge in [0.25, 0.3) is 0 Å². The van der Waals surface area contributed by atoms with Crippen molar-refractivity contribution in [3.8, 4) is 0 Å². The van der Waals surface area contributed by atoms with Crippen LogP contribution in [0, 0.1) is 17.5 Å². The van der Waals surface area contributed by atoms with Crippen LogP contribution in [0.4, 0.5) is 13.2 Å². The zero-order valence-corrected chi connectivity index (χ0v) is 10.5. The average Bonchev–Trinajstić information content (AvgIpc) is 2.40. The van der Waals surface area contributed by atoms with Crippen molar-refractivity contribution in [2.75, 3.05) is 0 Å². The molecule has 2 aromatic carbocycles. The molecule has 19 heavy (non-hydrogen) atoms. The monoisotopic (exact) mass is 265 g/mol. The summed E-state index contributed by atoms with van der Waals surface area (Å²) in [7, 11) is 0. The summed E-state index contributed by atoms with van der Waals surface area (Å²) in [5.41, 5.74) is 1.59. The largest absolute Gasteiger partial charge is 0.306 e. The summed E-state index contributed by atoms with van der Waals surface area (Å²) in [6, 6.07) is 9.97. The first-order valence-electron chi connectivity index (χ1n) is 5.99. The molecule has 2 rings (SSSR count). The molecule has 1 unspecified atom stereocenters. The maximum absolute atomic E-state index is 13.0. The van der Waals surface area contributed by atoms with Crippen molar-refractivity contribution in [3.05, 3.63) is 71.0 Å². The number of hydrogen-bond acceptors (Lipinski definition) is 1. The van der Waals surface area contributed by atoms with Crippen LogP contribution in [-0.4, -0.2) is 0 Å². The first-order chi connectivity index (χ1) is 9.06. The van der Waals surface area contributed by atoms with E-state index in [-0.39, 0.29) is 11.9 Å². The predicted octanol–water partition coefficient (Wildman–Crippen LogP) is 3.95. The van der Waals surface area contributed by atoms with Crippen LogP contribution in [-0.2, 0) is 6.54 Å². The van der Waals surface area contributed by atoms with E-state index in [0.29, 0.717) is 12.1 Å². The third kappa shape index (κ3) is 3.58. The first-order valence-corrected chi connectivity index (χ1v) is 5.99. The zero-order valence-electron chi connectivity index (χ0n) is 10.5. The molecule has 100 valence electrons. The zero-order chi connectivity index (χ0) is 13.8. The fourth-order valence-electron chi connectivity index (χ4n) is 1.79. The molecule has 4 heteroatoms. The number of rotatable bonds is 4. The Morgan fingerprint density at radius 2 is 1.63 bits per heavy atom. The van der Waals surface area contributed by atoms with Crippen molar-refractivity contribution in [1.82, 2.24) is 5.32 Å². The lowest BCUT2D eigenvalue weighted by atomic mass is 10.1. The minimum atomic E-state index is -0.853. The SMILES string of the molecule is CC(NCc1ccc(F)c(F)c1)c1ccc(F)cc1. The predicted molar refractivity (Wildman–Crippen MR) is 68.0 cm³/mol. The highest BCUT2D eigenvalue weighted by atomic mass is 19.2. The average molecular weight is 265 g/mol. The van der Waals surface area contributed by atoms with Gasteiger partial charge in [-0.25, -0.2) is 13.2 Å². The molecule has 0 heterocycles. The van der Waals surface area contributed by atoms with E-state index in [1.807, 2.05) is 6.92 Å². The topological polar surface area (TPSA) is 12.0 Å². The molecular formula is C15H14F3N. The minimum absolute atomic E-state index is 0.00582. The second kappa shape index (κ2) is 5.89. The van der Waals surface area contributed by atoms with E-state index in [1.54, 1.807) is 12.1 Å². The molecule has 0 spiro atoms. The van der Waals surface area contributed by atoms with Crippen LogP contribution in [0.25, 0.3) is 0 Å². The van der Waals surface area contributed by atoms with Gasteiger partial charge in [0, 0.05) is 12.6 Å². The quantitative estimate of drug-likeness (QED) is 0.882. The molecule has 0 aliphatic heterocycles. The summed E-state index contributed by atoms with van der Waals surface area (Å²) in [6.07, 6.45) is 0. The fraction of sp³-hybridized carbons (Fsp3) is 0.200. The number of hydrogen-bond donors (Lipinski definition) is 1. The Morgan fingerprint density at radius 1 is 0.947 bits per heavy atom. The summed E-state index contributed by atoms with van der Waals surface area (Å²) in [4.78, 5) is 0. The Balaban J connectivity index is 1.98. The second-order valence-corrected chi connectivity index (χ2v) is 4.40. The van der Waals surface area contributed by atoms with Gasteiger partial charge in [-0.1, -0.05) is 18.2 Å². The Labute approximate surface area is 110 Å². The molecule has 0 radical (unpaired) electrons. The maximum Gasteiger partial charge on any atom is 0.159 e. The van der Waals surface area contributed by atoms with Crippen LogP contribution in [0.2, 0.25) is 0 Å². The molecule has 0 saturated heterocycles. The third-order valence-electron chi connectivity index (χ3n) is 2.97. The molecule has 0 amide bonds. The van der Waals surface area contributed by atoms with Crippen LogP contribution in [0.5, 0.6) is 0 Å². The van der Waals surface area contributed by atoms with Gasteiger partial charge in [-0.05, 0) is 42.3 Å². The van der Waals surface area contributed by atoms with Gasteiger partial charge in [-0.2, -0.15) is 0 Å². The highest BCUT2D eigenvalue weighted by Gasteiger charge is 2.06. The maximum atomic E-state index is 13.0. The van der Waals surface area contributed by atoms with Gasteiger partial charge in [0.05, 0.1) is 0 Å². The van der Waals surface area contributed by atoms with Gasteiger partial charge in [-0.3, -0.25) is 0 Å². The third-order valence-corrected chi connectivity index (χ3v) is 2.97. The van der Waals surface area contributed by atoms with E-state index in [4.69, 9.17) is 0 Å². The molecule has 1 atom stereocenters. The van der Waals surface area contributed by atoms with Crippen molar-refractivity contribution >= 4 is 0 Å². The summed E-state index contributed by atoms with van der Waals surface area (Å²) < 4.78 is 38.6. The second-order valence-electron chi connectivity index (χ2n) is 4.40. The van der Waals surface area contributed by atoms with Crippen molar-refractivity contribution in [2.45, 2.75) is 19.5 Å². The van der Waals surface area contributed by atoms with Crippen molar-refractivity contribution in [1.29, 1.82) is 0 Å². The van der Waals surface area contributed by atoms with E-state index in [0.717, 1.165) is 11.6 Å². The molecule has 2 aromatic rings. The van der Waals surface area contributed by atoms with E-state index in [2.05, 4.69) is 5.32 Å². The number of halogens is 3. The van der Waals surface area contributed by atoms with Gasteiger partial charge >= 0.3 is 0 Å². The highest BCUT2D eigenvalue weighted by molar-refractivity contribution is 5.21.